The molecular weight excluding hydrogens is 204 g/mol. The van der Waals surface area contributed by atoms with E-state index in [1.807, 2.05) is 18.2 Å². The molecule has 1 aromatic rings. The van der Waals surface area contributed by atoms with Crippen molar-refractivity contribution in [3.8, 4) is 0 Å². The van der Waals surface area contributed by atoms with Gasteiger partial charge in [0.05, 0.1) is 0 Å². The molecule has 0 radical (unpaired) electrons. The average Bonchev–Trinajstić information content (AvgIpc) is 2.19. The number of benzene rings is 1. The van der Waals surface area contributed by atoms with Gasteiger partial charge in [-0.05, 0) is 20.3 Å². The number of carboxylic acids is 1. The fraction of sp³-hybridized carbons (Fsp3) is 0.385. The third-order valence-corrected chi connectivity index (χ3v) is 2.14. The Morgan fingerprint density at radius 3 is 1.88 bits per heavy atom. The van der Waals surface area contributed by atoms with E-state index in [2.05, 4.69) is 19.1 Å². The molecule has 0 aliphatic carbocycles. The van der Waals surface area contributed by atoms with Gasteiger partial charge in [0, 0.05) is 0 Å². The minimum Gasteiger partial charge on any atom is -0.481 e. The van der Waals surface area contributed by atoms with Crippen LogP contribution in [0.4, 0.5) is 0 Å². The minimum atomic E-state index is -1.02. The molecule has 3 heteroatoms. The maximum Gasteiger partial charge on any atom is 0.314 e. The van der Waals surface area contributed by atoms with Gasteiger partial charge < -0.3 is 5.11 Å². The zero-order valence-electron chi connectivity index (χ0n) is 9.93. The summed E-state index contributed by atoms with van der Waals surface area (Å²) < 4.78 is 0. The van der Waals surface area contributed by atoms with Crippen LogP contribution in [0, 0.1) is 12.8 Å². The largest absolute Gasteiger partial charge is 0.481 e. The lowest BCUT2D eigenvalue weighted by molar-refractivity contribution is -0.145. The van der Waals surface area contributed by atoms with Crippen molar-refractivity contribution in [3.63, 3.8) is 0 Å². The lowest BCUT2D eigenvalue weighted by atomic mass is 10.0. The Hall–Kier alpha value is -1.64. The summed E-state index contributed by atoms with van der Waals surface area (Å²) in [6.45, 7) is 5.06. The topological polar surface area (TPSA) is 54.4 Å². The molecule has 0 saturated carbocycles. The SMILES string of the molecule is CCC(C(C)=O)C(=O)O.Cc1ccccc1. The predicted octanol–water partition coefficient (Wildman–Crippen LogP) is 2.68. The summed E-state index contributed by atoms with van der Waals surface area (Å²) in [6.07, 6.45) is 0.380. The molecule has 1 unspecified atom stereocenters. The zero-order chi connectivity index (χ0) is 12.6. The Bertz CT molecular complexity index is 316. The molecule has 0 bridgehead atoms. The molecule has 0 aromatic heterocycles. The summed E-state index contributed by atoms with van der Waals surface area (Å²) in [5.41, 5.74) is 1.32. The lowest BCUT2D eigenvalue weighted by Gasteiger charge is -2.01. The summed E-state index contributed by atoms with van der Waals surface area (Å²) in [6, 6.07) is 10.3. The first-order valence-electron chi connectivity index (χ1n) is 5.24. The van der Waals surface area contributed by atoms with Gasteiger partial charge >= 0.3 is 5.97 Å². The van der Waals surface area contributed by atoms with E-state index in [-0.39, 0.29) is 5.78 Å². The van der Waals surface area contributed by atoms with Crippen LogP contribution in [0.1, 0.15) is 25.8 Å². The highest BCUT2D eigenvalue weighted by Crippen LogP contribution is 2.02. The third-order valence-electron chi connectivity index (χ3n) is 2.14. The maximum atomic E-state index is 10.4. The summed E-state index contributed by atoms with van der Waals surface area (Å²) in [7, 11) is 0. The van der Waals surface area contributed by atoms with Gasteiger partial charge in [-0.25, -0.2) is 0 Å². The first-order chi connectivity index (χ1) is 7.49. The van der Waals surface area contributed by atoms with Crippen molar-refractivity contribution in [2.75, 3.05) is 0 Å². The van der Waals surface area contributed by atoms with Gasteiger partial charge in [0.1, 0.15) is 11.7 Å². The summed E-state index contributed by atoms with van der Waals surface area (Å²) in [4.78, 5) is 20.6. The van der Waals surface area contributed by atoms with Gasteiger partial charge in [0.25, 0.3) is 0 Å². The van der Waals surface area contributed by atoms with Gasteiger partial charge in [0.15, 0.2) is 0 Å². The molecule has 0 spiro atoms. The third kappa shape index (κ3) is 5.96. The number of aryl methyl sites for hydroxylation is 1. The molecular formula is C13H18O3. The molecule has 0 aliphatic rings. The van der Waals surface area contributed by atoms with Crippen LogP contribution in [0.15, 0.2) is 30.3 Å². The van der Waals surface area contributed by atoms with Crippen molar-refractivity contribution in [3.05, 3.63) is 35.9 Å². The quantitative estimate of drug-likeness (QED) is 0.800. The highest BCUT2D eigenvalue weighted by atomic mass is 16.4. The van der Waals surface area contributed by atoms with E-state index in [0.29, 0.717) is 6.42 Å². The molecule has 0 amide bonds. The van der Waals surface area contributed by atoms with Crippen molar-refractivity contribution in [1.29, 1.82) is 0 Å². The summed E-state index contributed by atoms with van der Waals surface area (Å²) in [5.74, 6) is -2.10. The fourth-order valence-corrected chi connectivity index (χ4v) is 1.17. The Balaban J connectivity index is 0.000000288. The Kier molecular flexibility index (Phi) is 6.84. The number of rotatable bonds is 3. The van der Waals surface area contributed by atoms with Crippen molar-refractivity contribution in [2.24, 2.45) is 5.92 Å². The summed E-state index contributed by atoms with van der Waals surface area (Å²) in [5, 5.41) is 8.32. The maximum absolute atomic E-state index is 10.4. The summed E-state index contributed by atoms with van der Waals surface area (Å²) >= 11 is 0. The van der Waals surface area contributed by atoms with Crippen LogP contribution in [0.3, 0.4) is 0 Å². The van der Waals surface area contributed by atoms with E-state index >= 15 is 0 Å². The van der Waals surface area contributed by atoms with Gasteiger partial charge in [-0.15, -0.1) is 0 Å². The first kappa shape index (κ1) is 14.4. The van der Waals surface area contributed by atoms with E-state index in [1.54, 1.807) is 6.92 Å². The number of hydrogen-bond acceptors (Lipinski definition) is 2. The lowest BCUT2D eigenvalue weighted by Crippen LogP contribution is -2.19. The number of carbonyl (C=O) groups is 2. The van der Waals surface area contributed by atoms with Crippen molar-refractivity contribution >= 4 is 11.8 Å². The smallest absolute Gasteiger partial charge is 0.314 e. The Morgan fingerprint density at radius 1 is 1.25 bits per heavy atom. The first-order valence-corrected chi connectivity index (χ1v) is 5.24. The van der Waals surface area contributed by atoms with E-state index in [4.69, 9.17) is 5.11 Å². The van der Waals surface area contributed by atoms with Crippen LogP contribution in [0.2, 0.25) is 0 Å². The molecule has 1 atom stereocenters. The van der Waals surface area contributed by atoms with E-state index in [1.165, 1.54) is 12.5 Å². The molecule has 88 valence electrons. The van der Waals surface area contributed by atoms with E-state index in [0.717, 1.165) is 0 Å². The average molecular weight is 222 g/mol. The molecule has 0 fully saturated rings. The second-order valence-corrected chi connectivity index (χ2v) is 3.56. The van der Waals surface area contributed by atoms with Crippen molar-refractivity contribution in [2.45, 2.75) is 27.2 Å². The van der Waals surface area contributed by atoms with Crippen LogP contribution >= 0.6 is 0 Å². The number of carboxylic acid groups (broad SMARTS) is 1. The van der Waals surface area contributed by atoms with Crippen LogP contribution < -0.4 is 0 Å². The molecule has 1 N–H and O–H groups in total. The molecule has 0 saturated heterocycles. The molecule has 1 aromatic carbocycles. The van der Waals surface area contributed by atoms with Crippen LogP contribution in [0.5, 0.6) is 0 Å². The minimum absolute atomic E-state index is 0.273. The van der Waals surface area contributed by atoms with E-state index in [9.17, 15) is 9.59 Å². The molecule has 1 rings (SSSR count). The second-order valence-electron chi connectivity index (χ2n) is 3.56. The number of carbonyl (C=O) groups excluding carboxylic acids is 1. The second kappa shape index (κ2) is 7.63. The van der Waals surface area contributed by atoms with Gasteiger partial charge in [-0.1, -0.05) is 42.8 Å². The molecule has 3 nitrogen and oxygen atoms in total. The monoisotopic (exact) mass is 222 g/mol. The highest BCUT2D eigenvalue weighted by Gasteiger charge is 2.19. The van der Waals surface area contributed by atoms with Gasteiger partial charge in [-0.2, -0.15) is 0 Å². The zero-order valence-corrected chi connectivity index (χ0v) is 9.93. The Morgan fingerprint density at radius 2 is 1.75 bits per heavy atom. The molecule has 16 heavy (non-hydrogen) atoms. The van der Waals surface area contributed by atoms with Crippen LogP contribution in [-0.4, -0.2) is 16.9 Å². The van der Waals surface area contributed by atoms with Gasteiger partial charge in [-0.3, -0.25) is 9.59 Å². The van der Waals surface area contributed by atoms with E-state index < -0.39 is 11.9 Å². The molecule has 0 aliphatic heterocycles. The number of hydrogen-bond donors (Lipinski definition) is 1. The van der Waals surface area contributed by atoms with Crippen molar-refractivity contribution in [1.82, 2.24) is 0 Å². The van der Waals surface area contributed by atoms with Crippen LogP contribution in [0.25, 0.3) is 0 Å². The number of aliphatic carboxylic acids is 1. The standard InChI is InChI=1S/C7H8.C6H10O3/c1-7-5-3-2-4-6-7;1-3-5(4(2)7)6(8)9/h2-6H,1H3;5H,3H2,1-2H3,(H,8,9). The number of Topliss-reactive ketones (excluding diaryl/α,β-unsaturated/α-hetero) is 1. The Labute approximate surface area is 96.1 Å². The highest BCUT2D eigenvalue weighted by molar-refractivity contribution is 5.96. The number of ketones is 1. The van der Waals surface area contributed by atoms with Crippen molar-refractivity contribution < 1.29 is 14.7 Å². The normalized spacial score (nSPS) is 10.9. The predicted molar refractivity (Wildman–Crippen MR) is 63.3 cm³/mol. The molecule has 0 heterocycles. The fourth-order valence-electron chi connectivity index (χ4n) is 1.17. The van der Waals surface area contributed by atoms with Gasteiger partial charge in [0.2, 0.25) is 0 Å². The van der Waals surface area contributed by atoms with Crippen LogP contribution in [-0.2, 0) is 9.59 Å².